The molecular weight excluding hydrogens is 208 g/mol. The molecule has 0 saturated carbocycles. The van der Waals surface area contributed by atoms with Gasteiger partial charge in [-0.25, -0.2) is 0 Å². The molecule has 1 aromatic heterocycles. The molecule has 1 aromatic rings. The number of carbonyl (C=O) groups is 1. The molecule has 0 bridgehead atoms. The molecule has 1 amide bonds. The average Bonchev–Trinajstić information content (AvgIpc) is 2.71. The van der Waals surface area contributed by atoms with E-state index in [2.05, 4.69) is 0 Å². The van der Waals surface area contributed by atoms with Crippen molar-refractivity contribution in [3.8, 4) is 0 Å². The third-order valence-corrected chi connectivity index (χ3v) is 3.42. The van der Waals surface area contributed by atoms with Crippen LogP contribution in [-0.2, 0) is 0 Å². The van der Waals surface area contributed by atoms with E-state index in [4.69, 9.17) is 5.73 Å². The van der Waals surface area contributed by atoms with Gasteiger partial charge in [0, 0.05) is 19.1 Å². The largest absolute Gasteiger partial charge is 0.338 e. The minimum absolute atomic E-state index is 0. The van der Waals surface area contributed by atoms with E-state index < -0.39 is 0 Å². The van der Waals surface area contributed by atoms with Crippen LogP contribution in [0.15, 0.2) is 17.5 Å². The minimum atomic E-state index is 0. The van der Waals surface area contributed by atoms with Gasteiger partial charge in [0.1, 0.15) is 0 Å². The topological polar surface area (TPSA) is 46.3 Å². The van der Waals surface area contributed by atoms with Crippen LogP contribution in [0.25, 0.3) is 0 Å². The lowest BCUT2D eigenvalue weighted by molar-refractivity contribution is 0.0719. The van der Waals surface area contributed by atoms with Gasteiger partial charge in [-0.15, -0.1) is 11.3 Å². The van der Waals surface area contributed by atoms with E-state index >= 15 is 0 Å². The summed E-state index contributed by atoms with van der Waals surface area (Å²) in [7, 11) is 0. The van der Waals surface area contributed by atoms with Crippen LogP contribution in [-0.4, -0.2) is 29.9 Å². The van der Waals surface area contributed by atoms with Crippen molar-refractivity contribution in [1.29, 1.82) is 0 Å². The first-order valence-electron chi connectivity index (χ1n) is 4.86. The summed E-state index contributed by atoms with van der Waals surface area (Å²) in [4.78, 5) is 14.6. The summed E-state index contributed by atoms with van der Waals surface area (Å²) in [6, 6.07) is 4.07. The van der Waals surface area contributed by atoms with Crippen LogP contribution in [0.2, 0.25) is 0 Å². The van der Waals surface area contributed by atoms with Crippen molar-refractivity contribution >= 4 is 17.2 Å². The molecule has 15 heavy (non-hydrogen) atoms. The number of thiophene rings is 1. The number of nitrogens with two attached hydrogens (primary N) is 1. The van der Waals surface area contributed by atoms with E-state index in [1.807, 2.05) is 22.4 Å². The van der Waals surface area contributed by atoms with Crippen molar-refractivity contribution in [3.05, 3.63) is 22.4 Å². The van der Waals surface area contributed by atoms with Crippen molar-refractivity contribution in [2.24, 2.45) is 5.73 Å². The highest BCUT2D eigenvalue weighted by Gasteiger charge is 2.21. The van der Waals surface area contributed by atoms with E-state index in [1.165, 1.54) is 11.3 Å². The van der Waals surface area contributed by atoms with Gasteiger partial charge in [0.25, 0.3) is 5.91 Å². The fourth-order valence-corrected chi connectivity index (χ4v) is 2.35. The van der Waals surface area contributed by atoms with Gasteiger partial charge < -0.3 is 10.6 Å². The lowest BCUT2D eigenvalue weighted by Crippen LogP contribution is -2.42. The first-order chi connectivity index (χ1) is 6.77. The highest BCUT2D eigenvalue weighted by atomic mass is 32.1. The first-order valence-corrected chi connectivity index (χ1v) is 5.73. The molecule has 0 unspecified atom stereocenters. The molecule has 0 aromatic carbocycles. The number of amides is 1. The predicted molar refractivity (Wildman–Crippen MR) is 64.2 cm³/mol. The number of piperidine rings is 1. The summed E-state index contributed by atoms with van der Waals surface area (Å²) in [6.45, 7) is 1.61. The molecule has 4 heteroatoms. The third kappa shape index (κ3) is 2.79. The molecule has 2 heterocycles. The lowest BCUT2D eigenvalue weighted by atomic mass is 10.1. The molecule has 1 fully saturated rings. The molecule has 1 aliphatic heterocycles. The van der Waals surface area contributed by atoms with Crippen LogP contribution in [0.3, 0.4) is 0 Å². The fraction of sp³-hybridized carbons (Fsp3) is 0.545. The fourth-order valence-electron chi connectivity index (χ4n) is 1.66. The minimum Gasteiger partial charge on any atom is -0.338 e. The van der Waals surface area contributed by atoms with E-state index in [0.29, 0.717) is 0 Å². The Morgan fingerprint density at radius 2 is 2.13 bits per heavy atom. The van der Waals surface area contributed by atoms with Gasteiger partial charge in [-0.05, 0) is 24.3 Å². The highest BCUT2D eigenvalue weighted by molar-refractivity contribution is 7.12. The smallest absolute Gasteiger partial charge is 0.263 e. The Labute approximate surface area is 94.9 Å². The Bertz CT molecular complexity index is 302. The van der Waals surface area contributed by atoms with Gasteiger partial charge >= 0.3 is 0 Å². The third-order valence-electron chi connectivity index (χ3n) is 2.56. The summed E-state index contributed by atoms with van der Waals surface area (Å²) in [5, 5.41) is 1.93. The Morgan fingerprint density at radius 1 is 1.47 bits per heavy atom. The summed E-state index contributed by atoms with van der Waals surface area (Å²) in [5.74, 6) is 0.159. The van der Waals surface area contributed by atoms with Crippen LogP contribution >= 0.6 is 11.3 Å². The van der Waals surface area contributed by atoms with E-state index in [1.54, 1.807) is 0 Å². The molecule has 0 aliphatic carbocycles. The monoisotopic (exact) mass is 226 g/mol. The number of nitrogens with zero attached hydrogens (tertiary/aromatic N) is 1. The maximum atomic E-state index is 11.9. The molecule has 2 N–H and O–H groups in total. The summed E-state index contributed by atoms with van der Waals surface area (Å²) < 4.78 is 0. The molecule has 1 aliphatic rings. The van der Waals surface area contributed by atoms with E-state index in [-0.39, 0.29) is 19.4 Å². The van der Waals surface area contributed by atoms with E-state index in [9.17, 15) is 4.79 Å². The van der Waals surface area contributed by atoms with Gasteiger partial charge in [0.2, 0.25) is 0 Å². The Kier molecular flexibility index (Phi) is 4.29. The maximum absolute atomic E-state index is 11.9. The number of hydrogen-bond donors (Lipinski definition) is 1. The summed E-state index contributed by atoms with van der Waals surface area (Å²) in [5.41, 5.74) is 5.78. The van der Waals surface area contributed by atoms with Crippen LogP contribution in [0.1, 0.15) is 29.9 Å². The zero-order valence-corrected chi connectivity index (χ0v) is 8.80. The van der Waals surface area contributed by atoms with E-state index in [0.717, 1.165) is 30.8 Å². The molecule has 84 valence electrons. The Balaban J connectivity index is 0.00000112. The molecule has 0 spiro atoms. The molecule has 0 radical (unpaired) electrons. The van der Waals surface area contributed by atoms with Crippen LogP contribution < -0.4 is 5.73 Å². The van der Waals surface area contributed by atoms with Gasteiger partial charge in [-0.3, -0.25) is 4.79 Å². The molecule has 3 nitrogen and oxygen atoms in total. The standard InChI is InChI=1S/C10H14N2OS.CH4/c11-8-3-5-12(6-4-8)10(13)9-2-1-7-14-9;/h1-2,7-8H,3-6,11H2;1H4. The number of hydrogen-bond acceptors (Lipinski definition) is 3. The normalized spacial score (nSPS) is 17.3. The lowest BCUT2D eigenvalue weighted by Gasteiger charge is -2.29. The molecular formula is C11H18N2OS. The number of likely N-dealkylation sites (tertiary alicyclic amines) is 1. The second kappa shape index (κ2) is 5.28. The molecule has 0 atom stereocenters. The van der Waals surface area contributed by atoms with Crippen LogP contribution in [0.5, 0.6) is 0 Å². The molecule has 2 rings (SSSR count). The van der Waals surface area contributed by atoms with Crippen molar-refractivity contribution < 1.29 is 4.79 Å². The van der Waals surface area contributed by atoms with Crippen molar-refractivity contribution in [2.45, 2.75) is 26.3 Å². The quantitative estimate of drug-likeness (QED) is 0.795. The second-order valence-electron chi connectivity index (χ2n) is 3.61. The van der Waals surface area contributed by atoms with Gasteiger partial charge in [-0.1, -0.05) is 13.5 Å². The van der Waals surface area contributed by atoms with Crippen LogP contribution in [0.4, 0.5) is 0 Å². The first kappa shape index (κ1) is 12.2. The van der Waals surface area contributed by atoms with Gasteiger partial charge in [0.15, 0.2) is 0 Å². The van der Waals surface area contributed by atoms with Gasteiger partial charge in [0.05, 0.1) is 4.88 Å². The second-order valence-corrected chi connectivity index (χ2v) is 4.55. The van der Waals surface area contributed by atoms with Crippen molar-refractivity contribution in [1.82, 2.24) is 4.90 Å². The number of carbonyl (C=O) groups excluding carboxylic acids is 1. The zero-order valence-electron chi connectivity index (χ0n) is 7.98. The maximum Gasteiger partial charge on any atom is 0.263 e. The average molecular weight is 226 g/mol. The van der Waals surface area contributed by atoms with Crippen molar-refractivity contribution in [3.63, 3.8) is 0 Å². The van der Waals surface area contributed by atoms with Crippen molar-refractivity contribution in [2.75, 3.05) is 13.1 Å². The van der Waals surface area contributed by atoms with Gasteiger partial charge in [-0.2, -0.15) is 0 Å². The molecule has 1 saturated heterocycles. The summed E-state index contributed by atoms with van der Waals surface area (Å²) in [6.07, 6.45) is 1.86. The SMILES string of the molecule is C.NC1CCN(C(=O)c2cccs2)CC1. The summed E-state index contributed by atoms with van der Waals surface area (Å²) >= 11 is 1.50. The number of rotatable bonds is 1. The van der Waals surface area contributed by atoms with Crippen LogP contribution in [0, 0.1) is 0 Å². The predicted octanol–water partition coefficient (Wildman–Crippen LogP) is 1.95. The Morgan fingerprint density at radius 3 is 2.67 bits per heavy atom. The zero-order chi connectivity index (χ0) is 9.97. The highest BCUT2D eigenvalue weighted by Crippen LogP contribution is 2.15. The Hall–Kier alpha value is -0.870.